The van der Waals surface area contributed by atoms with Gasteiger partial charge in [-0.25, -0.2) is 5.32 Å². The van der Waals surface area contributed by atoms with Gasteiger partial charge in [0.2, 0.25) is 5.91 Å². The Morgan fingerprint density at radius 2 is 2.09 bits per heavy atom. The first kappa shape index (κ1) is 9.42. The Labute approximate surface area is 64.8 Å². The van der Waals surface area contributed by atoms with Crippen LogP contribution in [0.5, 0.6) is 0 Å². The van der Waals surface area contributed by atoms with E-state index in [0.29, 0.717) is 5.57 Å². The van der Waals surface area contributed by atoms with Crippen LogP contribution in [0.3, 0.4) is 0 Å². The third kappa shape index (κ3) is 4.90. The number of nitrogens with two attached hydrogens (primary N) is 1. The second-order valence-electron chi connectivity index (χ2n) is 1.93. The van der Waals surface area contributed by atoms with Crippen molar-refractivity contribution in [2.45, 2.75) is 6.92 Å². The van der Waals surface area contributed by atoms with Crippen LogP contribution in [0.1, 0.15) is 6.92 Å². The van der Waals surface area contributed by atoms with Crippen molar-refractivity contribution < 1.29 is 9.59 Å². The first-order valence-electron chi connectivity index (χ1n) is 2.90. The molecule has 2 amide bonds. The standard InChI is InChI=1S/C7H9N2O2/c1-5(2)7(11)9-4-3-6(8)10/h3-4H,1H2,2H3,(H2,8,10). The molecule has 0 rings (SSSR count). The van der Waals surface area contributed by atoms with Crippen molar-refractivity contribution in [2.75, 3.05) is 0 Å². The van der Waals surface area contributed by atoms with E-state index in [4.69, 9.17) is 5.73 Å². The van der Waals surface area contributed by atoms with E-state index in [9.17, 15) is 9.59 Å². The number of hydrogen-bond acceptors (Lipinski definition) is 2. The second kappa shape index (κ2) is 4.27. The highest BCUT2D eigenvalue weighted by molar-refractivity contribution is 5.93. The molecule has 0 atom stereocenters. The van der Waals surface area contributed by atoms with Crippen molar-refractivity contribution in [3.8, 4) is 0 Å². The Hall–Kier alpha value is -1.58. The highest BCUT2D eigenvalue weighted by Crippen LogP contribution is 1.86. The van der Waals surface area contributed by atoms with Crippen LogP contribution < -0.4 is 11.1 Å². The summed E-state index contributed by atoms with van der Waals surface area (Å²) in [6, 6.07) is 0. The van der Waals surface area contributed by atoms with E-state index >= 15 is 0 Å². The highest BCUT2D eigenvalue weighted by atomic mass is 16.2. The molecular weight excluding hydrogens is 144 g/mol. The molecule has 0 aliphatic heterocycles. The maximum Gasteiger partial charge on any atom is 0.271 e. The first-order chi connectivity index (χ1) is 5.04. The van der Waals surface area contributed by atoms with Gasteiger partial charge < -0.3 is 5.73 Å². The first-order valence-corrected chi connectivity index (χ1v) is 2.90. The number of carbonyl (C=O) groups excluding carboxylic acids is 2. The number of amides is 2. The molecule has 0 fully saturated rings. The minimum Gasteiger partial charge on any atom is -0.366 e. The number of rotatable bonds is 3. The van der Waals surface area contributed by atoms with E-state index in [1.165, 1.54) is 6.92 Å². The molecule has 59 valence electrons. The van der Waals surface area contributed by atoms with E-state index in [0.717, 1.165) is 12.3 Å². The van der Waals surface area contributed by atoms with Gasteiger partial charge in [0, 0.05) is 17.8 Å². The lowest BCUT2D eigenvalue weighted by molar-refractivity contribution is -0.116. The van der Waals surface area contributed by atoms with Gasteiger partial charge in [0.1, 0.15) is 0 Å². The minimum absolute atomic E-state index is 0.319. The van der Waals surface area contributed by atoms with Crippen LogP contribution in [0.4, 0.5) is 0 Å². The summed E-state index contributed by atoms with van der Waals surface area (Å²) < 4.78 is 0. The summed E-state index contributed by atoms with van der Waals surface area (Å²) in [5, 5.41) is 3.34. The topological polar surface area (TPSA) is 74.3 Å². The lowest BCUT2D eigenvalue weighted by Gasteiger charge is -1.91. The van der Waals surface area contributed by atoms with E-state index < -0.39 is 11.8 Å². The molecule has 0 aromatic heterocycles. The number of nitrogens with zero attached hydrogens (tertiary/aromatic N) is 1. The van der Waals surface area contributed by atoms with E-state index in [2.05, 4.69) is 11.9 Å². The maximum absolute atomic E-state index is 10.7. The summed E-state index contributed by atoms with van der Waals surface area (Å²) >= 11 is 0. The molecule has 4 nitrogen and oxygen atoms in total. The summed E-state index contributed by atoms with van der Waals surface area (Å²) in [7, 11) is 0. The third-order valence-corrected chi connectivity index (χ3v) is 0.796. The van der Waals surface area contributed by atoms with Crippen LogP contribution in [0.2, 0.25) is 0 Å². The molecule has 0 aromatic carbocycles. The van der Waals surface area contributed by atoms with Gasteiger partial charge in [0.15, 0.2) is 0 Å². The number of hydrogen-bond donors (Lipinski definition) is 1. The monoisotopic (exact) mass is 153 g/mol. The fourth-order valence-electron chi connectivity index (χ4n) is 0.289. The summed E-state index contributed by atoms with van der Waals surface area (Å²) in [6.07, 6.45) is 2.06. The second-order valence-corrected chi connectivity index (χ2v) is 1.93. The Balaban J connectivity index is 3.80. The fraction of sp³-hybridized carbons (Fsp3) is 0.143. The fourth-order valence-corrected chi connectivity index (χ4v) is 0.289. The van der Waals surface area contributed by atoms with Crippen molar-refractivity contribution in [1.82, 2.24) is 5.32 Å². The van der Waals surface area contributed by atoms with Crippen molar-refractivity contribution in [3.05, 3.63) is 24.4 Å². The van der Waals surface area contributed by atoms with Crippen LogP contribution >= 0.6 is 0 Å². The van der Waals surface area contributed by atoms with Gasteiger partial charge in [0.25, 0.3) is 5.91 Å². The van der Waals surface area contributed by atoms with Gasteiger partial charge in [-0.2, -0.15) is 0 Å². The Morgan fingerprint density at radius 3 is 2.45 bits per heavy atom. The zero-order valence-corrected chi connectivity index (χ0v) is 6.20. The van der Waals surface area contributed by atoms with Gasteiger partial charge in [-0.15, -0.1) is 0 Å². The van der Waals surface area contributed by atoms with Crippen molar-refractivity contribution in [2.24, 2.45) is 5.73 Å². The summed E-state index contributed by atoms with van der Waals surface area (Å²) in [5.41, 5.74) is 5.05. The molecule has 0 aliphatic rings. The molecule has 0 saturated heterocycles. The van der Waals surface area contributed by atoms with Gasteiger partial charge in [-0.3, -0.25) is 9.59 Å². The van der Waals surface area contributed by atoms with Crippen molar-refractivity contribution in [1.29, 1.82) is 0 Å². The number of primary amides is 1. The number of carbonyl (C=O) groups is 2. The predicted molar refractivity (Wildman–Crippen MR) is 40.3 cm³/mol. The molecule has 0 spiro atoms. The molecule has 0 aromatic rings. The lowest BCUT2D eigenvalue weighted by atomic mass is 10.3. The maximum atomic E-state index is 10.7. The SMILES string of the molecule is C=C(C)C(=O)[N]C=CC(N)=O. The molecule has 0 aliphatic carbocycles. The van der Waals surface area contributed by atoms with Crippen LogP contribution in [0, 0.1) is 0 Å². The van der Waals surface area contributed by atoms with Crippen LogP contribution in [-0.2, 0) is 9.59 Å². The zero-order chi connectivity index (χ0) is 8.85. The Morgan fingerprint density at radius 1 is 1.55 bits per heavy atom. The van der Waals surface area contributed by atoms with Crippen molar-refractivity contribution in [3.63, 3.8) is 0 Å². The normalized spacial score (nSPS) is 9.55. The minimum atomic E-state index is -0.636. The average molecular weight is 153 g/mol. The Kier molecular flexibility index (Phi) is 3.66. The van der Waals surface area contributed by atoms with E-state index in [-0.39, 0.29) is 0 Å². The molecule has 0 bridgehead atoms. The average Bonchev–Trinajstić information content (AvgIpc) is 1.86. The summed E-state index contributed by atoms with van der Waals surface area (Å²) in [4.78, 5) is 20.7. The molecule has 4 heteroatoms. The largest absolute Gasteiger partial charge is 0.366 e. The predicted octanol–water partition coefficient (Wildman–Crippen LogP) is -0.308. The quantitative estimate of drug-likeness (QED) is 0.565. The molecule has 11 heavy (non-hydrogen) atoms. The molecular formula is C7H9N2O2. The third-order valence-electron chi connectivity index (χ3n) is 0.796. The molecule has 0 saturated carbocycles. The highest BCUT2D eigenvalue weighted by Gasteiger charge is 1.98. The smallest absolute Gasteiger partial charge is 0.271 e. The summed E-state index contributed by atoms with van der Waals surface area (Å²) in [5.74, 6) is -1.09. The van der Waals surface area contributed by atoms with Crippen LogP contribution in [-0.4, -0.2) is 11.8 Å². The van der Waals surface area contributed by atoms with Crippen LogP contribution in [0.25, 0.3) is 0 Å². The zero-order valence-electron chi connectivity index (χ0n) is 6.20. The van der Waals surface area contributed by atoms with Gasteiger partial charge in [-0.1, -0.05) is 6.58 Å². The van der Waals surface area contributed by atoms with E-state index in [1.807, 2.05) is 0 Å². The summed E-state index contributed by atoms with van der Waals surface area (Å²) in [6.45, 7) is 4.89. The van der Waals surface area contributed by atoms with E-state index in [1.54, 1.807) is 0 Å². The van der Waals surface area contributed by atoms with Gasteiger partial charge in [0.05, 0.1) is 0 Å². The van der Waals surface area contributed by atoms with Crippen molar-refractivity contribution >= 4 is 11.8 Å². The van der Waals surface area contributed by atoms with Gasteiger partial charge in [-0.05, 0) is 6.92 Å². The molecule has 1 radical (unpaired) electrons. The molecule has 0 heterocycles. The Bertz CT molecular complexity index is 218. The van der Waals surface area contributed by atoms with Gasteiger partial charge >= 0.3 is 0 Å². The van der Waals surface area contributed by atoms with Crippen LogP contribution in [0.15, 0.2) is 24.4 Å². The molecule has 2 N–H and O–H groups in total. The lowest BCUT2D eigenvalue weighted by Crippen LogP contribution is -2.12. The molecule has 0 unspecified atom stereocenters.